The number of hydrogen-bond donors (Lipinski definition) is 2. The summed E-state index contributed by atoms with van der Waals surface area (Å²) in [5.41, 5.74) is 8.19. The summed E-state index contributed by atoms with van der Waals surface area (Å²) in [7, 11) is 0. The average Bonchev–Trinajstić information content (AvgIpc) is 2.50. The molecule has 0 aliphatic rings. The molecular weight excluding hydrogens is 348 g/mol. The molecule has 0 bridgehead atoms. The average molecular weight is 368 g/mol. The second kappa shape index (κ2) is 7.30. The van der Waals surface area contributed by atoms with Crippen molar-refractivity contribution in [3.8, 4) is 0 Å². The quantitative estimate of drug-likeness (QED) is 0.765. The summed E-state index contributed by atoms with van der Waals surface area (Å²) in [6, 6.07) is 16.3. The van der Waals surface area contributed by atoms with Crippen LogP contribution in [-0.4, -0.2) is 12.1 Å². The van der Waals surface area contributed by atoms with Gasteiger partial charge in [0.05, 0.1) is 5.02 Å². The summed E-state index contributed by atoms with van der Waals surface area (Å²) >= 11 is 9.48. The smallest absolute Gasteiger partial charge is 0.0549 e. The zero-order chi connectivity index (χ0) is 15.3. The SMILES string of the molecule is CC(CN)(CCc1ccccc1)Nc1ccc(Cl)c(Br)c1. The number of benzene rings is 2. The largest absolute Gasteiger partial charge is 0.379 e. The van der Waals surface area contributed by atoms with Gasteiger partial charge >= 0.3 is 0 Å². The molecule has 2 rings (SSSR count). The summed E-state index contributed by atoms with van der Waals surface area (Å²) in [6.07, 6.45) is 1.96. The first-order valence-electron chi connectivity index (χ1n) is 7.00. The number of halogens is 2. The van der Waals surface area contributed by atoms with Crippen LogP contribution in [0.2, 0.25) is 5.02 Å². The van der Waals surface area contributed by atoms with Crippen molar-refractivity contribution >= 4 is 33.2 Å². The molecule has 1 atom stereocenters. The fourth-order valence-corrected chi connectivity index (χ4v) is 2.70. The number of nitrogens with one attached hydrogen (secondary N) is 1. The van der Waals surface area contributed by atoms with Crippen LogP contribution in [0.15, 0.2) is 53.0 Å². The van der Waals surface area contributed by atoms with Gasteiger partial charge in [-0.3, -0.25) is 0 Å². The Balaban J connectivity index is 2.04. The maximum Gasteiger partial charge on any atom is 0.0549 e. The predicted octanol–water partition coefficient (Wildman–Crippen LogP) is 4.86. The Labute approximate surface area is 139 Å². The van der Waals surface area contributed by atoms with Gasteiger partial charge in [0.2, 0.25) is 0 Å². The van der Waals surface area contributed by atoms with Gasteiger partial charge in [-0.25, -0.2) is 0 Å². The Hall–Kier alpha value is -1.03. The molecule has 2 nitrogen and oxygen atoms in total. The van der Waals surface area contributed by atoms with Crippen molar-refractivity contribution in [1.82, 2.24) is 0 Å². The molecule has 2 aromatic rings. The van der Waals surface area contributed by atoms with E-state index in [0.29, 0.717) is 11.6 Å². The summed E-state index contributed by atoms with van der Waals surface area (Å²) in [4.78, 5) is 0. The maximum atomic E-state index is 6.03. The van der Waals surface area contributed by atoms with E-state index in [1.54, 1.807) is 0 Å². The van der Waals surface area contributed by atoms with E-state index in [2.05, 4.69) is 52.4 Å². The zero-order valence-corrected chi connectivity index (χ0v) is 14.4. The second-order valence-corrected chi connectivity index (χ2v) is 6.77. The molecule has 21 heavy (non-hydrogen) atoms. The Morgan fingerprint density at radius 1 is 1.19 bits per heavy atom. The molecule has 0 aromatic heterocycles. The van der Waals surface area contributed by atoms with Crippen molar-refractivity contribution in [2.75, 3.05) is 11.9 Å². The van der Waals surface area contributed by atoms with Gasteiger partial charge in [0.25, 0.3) is 0 Å². The Morgan fingerprint density at radius 2 is 1.90 bits per heavy atom. The van der Waals surface area contributed by atoms with Crippen LogP contribution in [0.5, 0.6) is 0 Å². The topological polar surface area (TPSA) is 38.0 Å². The molecule has 0 aliphatic carbocycles. The molecule has 0 aliphatic heterocycles. The molecule has 0 saturated carbocycles. The Kier molecular flexibility index (Phi) is 5.68. The van der Waals surface area contributed by atoms with Crippen LogP contribution in [0.1, 0.15) is 18.9 Å². The van der Waals surface area contributed by atoms with Crippen LogP contribution in [0, 0.1) is 0 Å². The highest BCUT2D eigenvalue weighted by Gasteiger charge is 2.22. The predicted molar refractivity (Wildman–Crippen MR) is 95.0 cm³/mol. The van der Waals surface area contributed by atoms with Crippen LogP contribution in [0.3, 0.4) is 0 Å². The van der Waals surface area contributed by atoms with Crippen LogP contribution in [-0.2, 0) is 6.42 Å². The Bertz CT molecular complexity index is 589. The number of rotatable bonds is 6. The summed E-state index contributed by atoms with van der Waals surface area (Å²) < 4.78 is 0.886. The fourth-order valence-electron chi connectivity index (χ4n) is 2.20. The Morgan fingerprint density at radius 3 is 2.52 bits per heavy atom. The lowest BCUT2D eigenvalue weighted by Crippen LogP contribution is -2.43. The summed E-state index contributed by atoms with van der Waals surface area (Å²) in [5.74, 6) is 0. The maximum absolute atomic E-state index is 6.03. The molecular formula is C17H20BrClN2. The number of aryl methyl sites for hydroxylation is 1. The fraction of sp³-hybridized carbons (Fsp3) is 0.294. The van der Waals surface area contributed by atoms with Crippen LogP contribution >= 0.6 is 27.5 Å². The number of hydrogen-bond acceptors (Lipinski definition) is 2. The van der Waals surface area contributed by atoms with Gasteiger partial charge in [0.15, 0.2) is 0 Å². The molecule has 112 valence electrons. The lowest BCUT2D eigenvalue weighted by molar-refractivity contribution is 0.483. The molecule has 0 heterocycles. The third kappa shape index (κ3) is 4.73. The van der Waals surface area contributed by atoms with Crippen molar-refractivity contribution in [3.05, 3.63) is 63.6 Å². The number of nitrogens with two attached hydrogens (primary N) is 1. The molecule has 0 fully saturated rings. The highest BCUT2D eigenvalue weighted by molar-refractivity contribution is 9.10. The van der Waals surface area contributed by atoms with Crippen LogP contribution in [0.25, 0.3) is 0 Å². The third-order valence-corrected chi connectivity index (χ3v) is 4.84. The van der Waals surface area contributed by atoms with E-state index in [1.807, 2.05) is 24.3 Å². The minimum absolute atomic E-state index is 0.150. The molecule has 0 saturated heterocycles. The summed E-state index contributed by atoms with van der Waals surface area (Å²) in [6.45, 7) is 2.72. The standard InChI is InChI=1S/C17H20BrClN2/c1-17(12-20,10-9-13-5-3-2-4-6-13)21-14-7-8-16(19)15(18)11-14/h2-8,11,21H,9-10,12,20H2,1H3. The zero-order valence-electron chi connectivity index (χ0n) is 12.1. The molecule has 0 radical (unpaired) electrons. The second-order valence-electron chi connectivity index (χ2n) is 5.50. The van der Waals surface area contributed by atoms with Gasteiger partial charge in [-0.05, 0) is 59.5 Å². The van der Waals surface area contributed by atoms with Crippen molar-refractivity contribution in [1.29, 1.82) is 0 Å². The molecule has 4 heteroatoms. The highest BCUT2D eigenvalue weighted by Crippen LogP contribution is 2.28. The third-order valence-electron chi connectivity index (χ3n) is 3.62. The normalized spacial score (nSPS) is 13.7. The van der Waals surface area contributed by atoms with Gasteiger partial charge in [0, 0.05) is 22.2 Å². The van der Waals surface area contributed by atoms with Crippen LogP contribution in [0.4, 0.5) is 5.69 Å². The van der Waals surface area contributed by atoms with Gasteiger partial charge in [-0.1, -0.05) is 41.9 Å². The summed E-state index contributed by atoms with van der Waals surface area (Å²) in [5, 5.41) is 4.24. The van der Waals surface area contributed by atoms with Gasteiger partial charge in [-0.15, -0.1) is 0 Å². The van der Waals surface area contributed by atoms with Crippen molar-refractivity contribution in [3.63, 3.8) is 0 Å². The molecule has 0 spiro atoms. The lowest BCUT2D eigenvalue weighted by atomic mass is 9.93. The number of anilines is 1. The highest BCUT2D eigenvalue weighted by atomic mass is 79.9. The molecule has 1 unspecified atom stereocenters. The van der Waals surface area contributed by atoms with Gasteiger partial charge in [-0.2, -0.15) is 0 Å². The van der Waals surface area contributed by atoms with Crippen molar-refractivity contribution < 1.29 is 0 Å². The van der Waals surface area contributed by atoms with Gasteiger partial charge < -0.3 is 11.1 Å². The van der Waals surface area contributed by atoms with E-state index in [9.17, 15) is 0 Å². The minimum Gasteiger partial charge on any atom is -0.379 e. The minimum atomic E-state index is -0.150. The molecule has 3 N–H and O–H groups in total. The van der Waals surface area contributed by atoms with E-state index in [4.69, 9.17) is 17.3 Å². The van der Waals surface area contributed by atoms with Crippen molar-refractivity contribution in [2.45, 2.75) is 25.3 Å². The van der Waals surface area contributed by atoms with E-state index in [0.717, 1.165) is 23.0 Å². The van der Waals surface area contributed by atoms with E-state index >= 15 is 0 Å². The van der Waals surface area contributed by atoms with E-state index < -0.39 is 0 Å². The van der Waals surface area contributed by atoms with Crippen LogP contribution < -0.4 is 11.1 Å². The first kappa shape index (κ1) is 16.3. The van der Waals surface area contributed by atoms with Gasteiger partial charge in [0.1, 0.15) is 0 Å². The lowest BCUT2D eigenvalue weighted by Gasteiger charge is -2.31. The first-order valence-corrected chi connectivity index (χ1v) is 8.17. The molecule has 0 amide bonds. The van der Waals surface area contributed by atoms with E-state index in [1.165, 1.54) is 5.56 Å². The van der Waals surface area contributed by atoms with Crippen molar-refractivity contribution in [2.24, 2.45) is 5.73 Å². The first-order chi connectivity index (χ1) is 10.0. The van der Waals surface area contributed by atoms with E-state index in [-0.39, 0.29) is 5.54 Å². The molecule has 2 aromatic carbocycles. The monoisotopic (exact) mass is 366 g/mol.